The number of halogens is 4. The molecular formula is C32H34F4N4O7S. The van der Waals surface area contributed by atoms with Gasteiger partial charge in [0.1, 0.15) is 11.6 Å². The van der Waals surface area contributed by atoms with Gasteiger partial charge >= 0.3 is 11.5 Å². The molecule has 11 nitrogen and oxygen atoms in total. The molecule has 0 spiro atoms. The first-order valence-corrected chi connectivity index (χ1v) is 16.8. The molecule has 16 heteroatoms. The molecule has 2 aliphatic carbocycles. The van der Waals surface area contributed by atoms with Gasteiger partial charge in [0.25, 0.3) is 15.7 Å². The molecule has 1 heterocycles. The number of anilines is 1. The standard InChI is InChI=1S/C32H34F4N4O7S/c1-3-4-12-47-31(43)25-10-11-40(39-25)17-20-14-23(26(46-2)16-24(20)33)29(41)38-28-19-9-8-18(13-19)27(28)30(42)37-21-6-5-7-22(15-21)48(44,45)32(34,35)36/h5-7,10-11,14-16,18-19,27-28H,3-4,8-9,12-13,17H2,1-2H3,(H,37,42)(H,38,41)/t18-,19+,27+,28-/m1/s1. The number of sulfone groups is 1. The van der Waals surface area contributed by atoms with Crippen molar-refractivity contribution >= 4 is 33.3 Å². The maximum Gasteiger partial charge on any atom is 0.501 e. The minimum absolute atomic E-state index is 0.00718. The molecule has 2 N–H and O–H groups in total. The molecule has 2 amide bonds. The van der Waals surface area contributed by atoms with Gasteiger partial charge in [-0.05, 0) is 67.9 Å². The van der Waals surface area contributed by atoms with Crippen molar-refractivity contribution in [1.29, 1.82) is 0 Å². The van der Waals surface area contributed by atoms with Crippen LogP contribution in [0.15, 0.2) is 53.6 Å². The van der Waals surface area contributed by atoms with E-state index in [-0.39, 0.29) is 53.2 Å². The van der Waals surface area contributed by atoms with Crippen LogP contribution in [0.1, 0.15) is 65.4 Å². The maximum absolute atomic E-state index is 15.1. The zero-order valence-electron chi connectivity index (χ0n) is 26.1. The van der Waals surface area contributed by atoms with Crippen molar-refractivity contribution in [1.82, 2.24) is 15.1 Å². The van der Waals surface area contributed by atoms with Crippen LogP contribution >= 0.6 is 0 Å². The first kappa shape index (κ1) is 34.9. The highest BCUT2D eigenvalue weighted by molar-refractivity contribution is 7.92. The van der Waals surface area contributed by atoms with Gasteiger partial charge in [0, 0.05) is 29.6 Å². The number of nitrogens with one attached hydrogen (secondary N) is 2. The lowest BCUT2D eigenvalue weighted by Gasteiger charge is -2.31. The zero-order chi connectivity index (χ0) is 34.8. The number of benzene rings is 2. The van der Waals surface area contributed by atoms with Crippen LogP contribution in [0.5, 0.6) is 5.75 Å². The van der Waals surface area contributed by atoms with E-state index < -0.39 is 55.8 Å². The van der Waals surface area contributed by atoms with Gasteiger partial charge < -0.3 is 20.1 Å². The fourth-order valence-corrected chi connectivity index (χ4v) is 7.20. The fourth-order valence-electron chi connectivity index (χ4n) is 6.39. The van der Waals surface area contributed by atoms with E-state index in [2.05, 4.69) is 15.7 Å². The molecular weight excluding hydrogens is 660 g/mol. The number of methoxy groups -OCH3 is 1. The Bertz CT molecular complexity index is 1810. The predicted octanol–water partition coefficient (Wildman–Crippen LogP) is 5.11. The highest BCUT2D eigenvalue weighted by Crippen LogP contribution is 2.49. The molecule has 0 radical (unpaired) electrons. The summed E-state index contributed by atoms with van der Waals surface area (Å²) >= 11 is 0. The smallest absolute Gasteiger partial charge is 0.496 e. The van der Waals surface area contributed by atoms with Crippen molar-refractivity contribution in [2.24, 2.45) is 17.8 Å². The minimum Gasteiger partial charge on any atom is -0.496 e. The topological polar surface area (TPSA) is 146 Å². The highest BCUT2D eigenvalue weighted by atomic mass is 32.2. The van der Waals surface area contributed by atoms with Crippen molar-refractivity contribution < 1.29 is 49.8 Å². The Labute approximate surface area is 273 Å². The van der Waals surface area contributed by atoms with Gasteiger partial charge in [-0.1, -0.05) is 19.4 Å². The van der Waals surface area contributed by atoms with Crippen LogP contribution in [0.25, 0.3) is 0 Å². The summed E-state index contributed by atoms with van der Waals surface area (Å²) in [7, 11) is -4.36. The number of amides is 2. The van der Waals surface area contributed by atoms with Gasteiger partial charge in [0.15, 0.2) is 5.69 Å². The number of aromatic nitrogens is 2. The largest absolute Gasteiger partial charge is 0.501 e. The van der Waals surface area contributed by atoms with Crippen molar-refractivity contribution in [3.8, 4) is 5.75 Å². The van der Waals surface area contributed by atoms with Gasteiger partial charge in [0.05, 0.1) is 36.6 Å². The van der Waals surface area contributed by atoms with Gasteiger partial charge in [-0.3, -0.25) is 14.3 Å². The maximum atomic E-state index is 15.1. The third-order valence-electron chi connectivity index (χ3n) is 8.76. The number of rotatable bonds is 12. The lowest BCUT2D eigenvalue weighted by molar-refractivity contribution is -0.122. The number of esters is 1. The zero-order valence-corrected chi connectivity index (χ0v) is 26.9. The molecule has 2 aliphatic rings. The van der Waals surface area contributed by atoms with E-state index in [0.29, 0.717) is 19.3 Å². The van der Waals surface area contributed by atoms with Crippen molar-refractivity contribution in [2.45, 2.75) is 62.0 Å². The first-order valence-electron chi connectivity index (χ1n) is 15.3. The Morgan fingerprint density at radius 2 is 1.83 bits per heavy atom. The van der Waals surface area contributed by atoms with Crippen LogP contribution in [-0.4, -0.2) is 61.2 Å². The van der Waals surface area contributed by atoms with Crippen molar-refractivity contribution in [3.05, 3.63) is 71.3 Å². The summed E-state index contributed by atoms with van der Waals surface area (Å²) in [5, 5.41) is 9.58. The first-order chi connectivity index (χ1) is 22.7. The molecule has 2 fully saturated rings. The van der Waals surface area contributed by atoms with Crippen LogP contribution < -0.4 is 15.4 Å². The van der Waals surface area contributed by atoms with Crippen LogP contribution in [0.2, 0.25) is 0 Å². The predicted molar refractivity (Wildman–Crippen MR) is 163 cm³/mol. The number of hydrogen-bond donors (Lipinski definition) is 2. The van der Waals surface area contributed by atoms with Gasteiger partial charge in [0.2, 0.25) is 5.91 Å². The van der Waals surface area contributed by atoms with Gasteiger partial charge in [-0.25, -0.2) is 17.6 Å². The second-order valence-electron chi connectivity index (χ2n) is 11.9. The number of ether oxygens (including phenoxy) is 2. The van der Waals surface area contributed by atoms with Gasteiger partial charge in [-0.15, -0.1) is 0 Å². The van der Waals surface area contributed by atoms with Crippen molar-refractivity contribution in [3.63, 3.8) is 0 Å². The molecule has 2 aromatic carbocycles. The summed E-state index contributed by atoms with van der Waals surface area (Å²) < 4.78 is 89.9. The molecule has 258 valence electrons. The molecule has 4 atom stereocenters. The number of carbonyl (C=O) groups is 3. The van der Waals surface area contributed by atoms with E-state index in [1.807, 2.05) is 6.92 Å². The van der Waals surface area contributed by atoms with Crippen LogP contribution in [0.3, 0.4) is 0 Å². The summed E-state index contributed by atoms with van der Waals surface area (Å²) in [5.41, 5.74) is -5.54. The van der Waals surface area contributed by atoms with Gasteiger partial charge in [-0.2, -0.15) is 18.3 Å². The number of unbranched alkanes of at least 4 members (excludes halogenated alkanes) is 1. The molecule has 48 heavy (non-hydrogen) atoms. The summed E-state index contributed by atoms with van der Waals surface area (Å²) in [5.74, 6) is -3.53. The van der Waals surface area contributed by atoms with E-state index in [1.54, 1.807) is 0 Å². The molecule has 2 bridgehead atoms. The lowest BCUT2D eigenvalue weighted by Crippen LogP contribution is -2.48. The molecule has 1 aromatic heterocycles. The normalized spacial score (nSPS) is 20.4. The van der Waals surface area contributed by atoms with Crippen LogP contribution in [-0.2, 0) is 25.9 Å². The second-order valence-corrected chi connectivity index (χ2v) is 13.8. The Morgan fingerprint density at radius 3 is 2.54 bits per heavy atom. The second kappa shape index (κ2) is 13.9. The Balaban J connectivity index is 1.32. The Morgan fingerprint density at radius 1 is 1.08 bits per heavy atom. The Kier molecular flexibility index (Phi) is 10.1. The quantitative estimate of drug-likeness (QED) is 0.151. The Hall–Kier alpha value is -4.47. The minimum atomic E-state index is -5.63. The summed E-state index contributed by atoms with van der Waals surface area (Å²) in [6, 6.07) is 7.04. The third-order valence-corrected chi connectivity index (χ3v) is 10.2. The summed E-state index contributed by atoms with van der Waals surface area (Å²) in [4.78, 5) is 38.4. The SMILES string of the molecule is CCCCOC(=O)c1ccn(Cc2cc(C(=O)N[C@@H]3[C@H]4CC[C@H](C4)[C@@H]3C(=O)Nc3cccc(S(=O)(=O)C(F)(F)F)c3)c(OC)cc2F)n1. The number of alkyl halides is 3. The monoisotopic (exact) mass is 694 g/mol. The summed E-state index contributed by atoms with van der Waals surface area (Å²) in [6.07, 6.45) is 5.08. The van der Waals surface area contributed by atoms with E-state index in [1.165, 1.54) is 36.2 Å². The average molecular weight is 695 g/mol. The van der Waals surface area contributed by atoms with Crippen LogP contribution in [0, 0.1) is 23.6 Å². The number of hydrogen-bond acceptors (Lipinski definition) is 8. The molecule has 0 aliphatic heterocycles. The van der Waals surface area contributed by atoms with E-state index in [4.69, 9.17) is 9.47 Å². The van der Waals surface area contributed by atoms with E-state index >= 15 is 4.39 Å². The third kappa shape index (κ3) is 7.17. The van der Waals surface area contributed by atoms with Crippen molar-refractivity contribution in [2.75, 3.05) is 19.0 Å². The summed E-state index contributed by atoms with van der Waals surface area (Å²) in [6.45, 7) is 2.08. The fraction of sp³-hybridized carbons (Fsp3) is 0.438. The lowest BCUT2D eigenvalue weighted by atomic mass is 9.83. The highest BCUT2D eigenvalue weighted by Gasteiger charge is 2.52. The van der Waals surface area contributed by atoms with E-state index in [0.717, 1.165) is 37.1 Å². The number of fused-ring (bicyclic) bond motifs is 2. The average Bonchev–Trinajstić information content (AvgIpc) is 3.79. The molecule has 0 unspecified atom stereocenters. The molecule has 3 aromatic rings. The number of nitrogens with zero attached hydrogens (tertiary/aromatic N) is 2. The molecule has 5 rings (SSSR count). The van der Waals surface area contributed by atoms with E-state index in [9.17, 15) is 36.0 Å². The molecule has 2 saturated carbocycles. The molecule has 0 saturated heterocycles. The number of carbonyl (C=O) groups excluding carboxylic acids is 3. The van der Waals surface area contributed by atoms with Crippen LogP contribution in [0.4, 0.5) is 23.2 Å².